The zero-order valence-corrected chi connectivity index (χ0v) is 15.2. The van der Waals surface area contributed by atoms with Gasteiger partial charge in [-0.05, 0) is 63.0 Å². The summed E-state index contributed by atoms with van der Waals surface area (Å²) in [6, 6.07) is 5.95. The molecule has 130 valence electrons. The lowest BCUT2D eigenvalue weighted by Crippen LogP contribution is -2.37. The van der Waals surface area contributed by atoms with Crippen LogP contribution in [0.15, 0.2) is 18.2 Å². The predicted octanol–water partition coefficient (Wildman–Crippen LogP) is 4.33. The minimum atomic E-state index is -0.124. The molecule has 2 amide bonds. The maximum Gasteiger partial charge on any atom is 0.319 e. The lowest BCUT2D eigenvalue weighted by molar-refractivity contribution is 0.243. The van der Waals surface area contributed by atoms with E-state index in [1.807, 2.05) is 26.0 Å². The number of unbranched alkanes of at least 4 members (excludes halogenated alkanes) is 2. The number of aryl methyl sites for hydroxylation is 2. The lowest BCUT2D eigenvalue weighted by Gasteiger charge is -2.22. The number of amides is 2. The van der Waals surface area contributed by atoms with Crippen molar-refractivity contribution in [3.8, 4) is 0 Å². The number of hydrogen-bond donors (Lipinski definition) is 2. The maximum absolute atomic E-state index is 12.0. The van der Waals surface area contributed by atoms with E-state index in [0.717, 1.165) is 36.4 Å². The number of nitrogens with one attached hydrogen (secondary N) is 2. The number of benzene rings is 1. The van der Waals surface area contributed by atoms with Gasteiger partial charge in [0, 0.05) is 18.8 Å². The van der Waals surface area contributed by atoms with Crippen molar-refractivity contribution in [3.05, 3.63) is 29.3 Å². The first-order valence-electron chi connectivity index (χ1n) is 8.90. The number of carbonyl (C=O) groups excluding carboxylic acids is 1. The Kier molecular flexibility index (Phi) is 9.37. The number of carbonyl (C=O) groups is 1. The van der Waals surface area contributed by atoms with E-state index in [9.17, 15) is 4.79 Å². The molecule has 0 aliphatic carbocycles. The van der Waals surface area contributed by atoms with Crippen LogP contribution in [0.1, 0.15) is 50.7 Å². The fourth-order valence-corrected chi connectivity index (χ4v) is 2.65. The van der Waals surface area contributed by atoms with Gasteiger partial charge in [0.15, 0.2) is 0 Å². The van der Waals surface area contributed by atoms with Crippen LogP contribution in [-0.4, -0.2) is 37.1 Å². The molecule has 0 aromatic heterocycles. The summed E-state index contributed by atoms with van der Waals surface area (Å²) in [5.74, 6) is 0. The quantitative estimate of drug-likeness (QED) is 0.674. The first-order valence-corrected chi connectivity index (χ1v) is 8.90. The van der Waals surface area contributed by atoms with Crippen LogP contribution >= 0.6 is 0 Å². The van der Waals surface area contributed by atoms with Gasteiger partial charge >= 0.3 is 6.03 Å². The summed E-state index contributed by atoms with van der Waals surface area (Å²) in [7, 11) is 0. The van der Waals surface area contributed by atoms with Crippen molar-refractivity contribution in [1.29, 1.82) is 0 Å². The molecule has 0 radical (unpaired) electrons. The van der Waals surface area contributed by atoms with Gasteiger partial charge in [-0.3, -0.25) is 0 Å². The summed E-state index contributed by atoms with van der Waals surface area (Å²) in [6.45, 7) is 12.4. The van der Waals surface area contributed by atoms with Gasteiger partial charge in [-0.1, -0.05) is 32.8 Å². The van der Waals surface area contributed by atoms with E-state index in [0.29, 0.717) is 6.54 Å². The molecule has 0 heterocycles. The van der Waals surface area contributed by atoms with Crippen LogP contribution in [0, 0.1) is 13.8 Å². The summed E-state index contributed by atoms with van der Waals surface area (Å²) < 4.78 is 0. The predicted molar refractivity (Wildman–Crippen MR) is 99.2 cm³/mol. The smallest absolute Gasteiger partial charge is 0.319 e. The Bertz CT molecular complexity index is 445. The molecule has 0 unspecified atom stereocenters. The Morgan fingerprint density at radius 1 is 0.957 bits per heavy atom. The van der Waals surface area contributed by atoms with Crippen molar-refractivity contribution >= 4 is 11.7 Å². The Hall–Kier alpha value is -1.55. The molecule has 0 aliphatic heterocycles. The molecule has 0 saturated carbocycles. The largest absolute Gasteiger partial charge is 0.337 e. The molecule has 23 heavy (non-hydrogen) atoms. The van der Waals surface area contributed by atoms with Gasteiger partial charge in [0.2, 0.25) is 0 Å². The van der Waals surface area contributed by atoms with Crippen molar-refractivity contribution in [2.24, 2.45) is 0 Å². The number of urea groups is 1. The molecule has 4 heteroatoms. The molecule has 0 aliphatic rings. The van der Waals surface area contributed by atoms with E-state index in [4.69, 9.17) is 0 Å². The standard InChI is InChI=1S/C19H33N3O/c1-5-7-10-22(11-8-6-2)12-9-20-19(23)21-18-14-16(3)13-17(4)15-18/h13-15H,5-12H2,1-4H3,(H2,20,21,23). The highest BCUT2D eigenvalue weighted by Gasteiger charge is 2.06. The van der Waals surface area contributed by atoms with Crippen molar-refractivity contribution in [2.45, 2.75) is 53.4 Å². The first-order chi connectivity index (χ1) is 11.0. The van der Waals surface area contributed by atoms with Crippen LogP contribution in [0.3, 0.4) is 0 Å². The average Bonchev–Trinajstić information content (AvgIpc) is 2.48. The van der Waals surface area contributed by atoms with Crippen LogP contribution in [-0.2, 0) is 0 Å². The molecule has 1 rings (SSSR count). The average molecular weight is 319 g/mol. The van der Waals surface area contributed by atoms with Crippen LogP contribution < -0.4 is 10.6 Å². The van der Waals surface area contributed by atoms with Gasteiger partial charge in [0.25, 0.3) is 0 Å². The molecule has 0 saturated heterocycles. The molecule has 4 nitrogen and oxygen atoms in total. The molecule has 2 N–H and O–H groups in total. The summed E-state index contributed by atoms with van der Waals surface area (Å²) in [5.41, 5.74) is 3.17. The summed E-state index contributed by atoms with van der Waals surface area (Å²) in [4.78, 5) is 14.5. The number of rotatable bonds is 10. The van der Waals surface area contributed by atoms with E-state index in [-0.39, 0.29) is 6.03 Å². The molecular formula is C19H33N3O. The summed E-state index contributed by atoms with van der Waals surface area (Å²) >= 11 is 0. The van der Waals surface area contributed by atoms with Crippen molar-refractivity contribution < 1.29 is 4.79 Å². The normalized spacial score (nSPS) is 10.8. The molecule has 0 bridgehead atoms. The Morgan fingerprint density at radius 2 is 1.52 bits per heavy atom. The highest BCUT2D eigenvalue weighted by Crippen LogP contribution is 2.13. The lowest BCUT2D eigenvalue weighted by atomic mass is 10.1. The van der Waals surface area contributed by atoms with Gasteiger partial charge < -0.3 is 15.5 Å². The van der Waals surface area contributed by atoms with Crippen LogP contribution in [0.5, 0.6) is 0 Å². The fraction of sp³-hybridized carbons (Fsp3) is 0.632. The van der Waals surface area contributed by atoms with Crippen LogP contribution in [0.25, 0.3) is 0 Å². The van der Waals surface area contributed by atoms with Gasteiger partial charge in [-0.25, -0.2) is 4.79 Å². The molecule has 1 aromatic rings. The Balaban J connectivity index is 2.35. The molecule has 1 aromatic carbocycles. The number of anilines is 1. The highest BCUT2D eigenvalue weighted by molar-refractivity contribution is 5.89. The third kappa shape index (κ3) is 8.60. The van der Waals surface area contributed by atoms with E-state index < -0.39 is 0 Å². The first kappa shape index (κ1) is 19.5. The SMILES string of the molecule is CCCCN(CCCC)CCNC(=O)Nc1cc(C)cc(C)c1. The summed E-state index contributed by atoms with van der Waals surface area (Å²) in [5, 5.41) is 5.88. The molecule has 0 fully saturated rings. The van der Waals surface area contributed by atoms with E-state index in [2.05, 4.69) is 35.4 Å². The second-order valence-corrected chi connectivity index (χ2v) is 6.31. The van der Waals surface area contributed by atoms with E-state index in [1.165, 1.54) is 25.7 Å². The highest BCUT2D eigenvalue weighted by atomic mass is 16.2. The topological polar surface area (TPSA) is 44.4 Å². The van der Waals surface area contributed by atoms with E-state index >= 15 is 0 Å². The Labute approximate surface area is 141 Å². The van der Waals surface area contributed by atoms with Crippen LogP contribution in [0.2, 0.25) is 0 Å². The third-order valence-electron chi connectivity index (χ3n) is 3.85. The van der Waals surface area contributed by atoms with Gasteiger partial charge in [0.05, 0.1) is 0 Å². The minimum absolute atomic E-state index is 0.124. The second-order valence-electron chi connectivity index (χ2n) is 6.31. The summed E-state index contributed by atoms with van der Waals surface area (Å²) in [6.07, 6.45) is 4.86. The van der Waals surface area contributed by atoms with Crippen molar-refractivity contribution in [2.75, 3.05) is 31.5 Å². The zero-order chi connectivity index (χ0) is 17.1. The van der Waals surface area contributed by atoms with Gasteiger partial charge in [-0.2, -0.15) is 0 Å². The van der Waals surface area contributed by atoms with Crippen molar-refractivity contribution in [1.82, 2.24) is 10.2 Å². The fourth-order valence-electron chi connectivity index (χ4n) is 2.65. The number of hydrogen-bond acceptors (Lipinski definition) is 2. The molecule has 0 spiro atoms. The maximum atomic E-state index is 12.0. The van der Waals surface area contributed by atoms with Gasteiger partial charge in [0.1, 0.15) is 0 Å². The zero-order valence-electron chi connectivity index (χ0n) is 15.2. The second kappa shape index (κ2) is 11.1. The van der Waals surface area contributed by atoms with E-state index in [1.54, 1.807) is 0 Å². The third-order valence-corrected chi connectivity index (χ3v) is 3.85. The molecule has 0 atom stereocenters. The minimum Gasteiger partial charge on any atom is -0.337 e. The van der Waals surface area contributed by atoms with Gasteiger partial charge in [-0.15, -0.1) is 0 Å². The molecular weight excluding hydrogens is 286 g/mol. The van der Waals surface area contributed by atoms with Crippen LogP contribution in [0.4, 0.5) is 10.5 Å². The number of nitrogens with zero attached hydrogens (tertiary/aromatic N) is 1. The Morgan fingerprint density at radius 3 is 2.04 bits per heavy atom. The monoisotopic (exact) mass is 319 g/mol. The van der Waals surface area contributed by atoms with Crippen molar-refractivity contribution in [3.63, 3.8) is 0 Å².